The summed E-state index contributed by atoms with van der Waals surface area (Å²) in [5.74, 6) is -1.01. The van der Waals surface area contributed by atoms with Crippen molar-refractivity contribution in [2.24, 2.45) is 0 Å². The normalized spacial score (nSPS) is 14.6. The molecule has 1 saturated heterocycles. The summed E-state index contributed by atoms with van der Waals surface area (Å²) in [6.45, 7) is 3.55. The van der Waals surface area contributed by atoms with Crippen molar-refractivity contribution in [2.45, 2.75) is 32.9 Å². The second-order valence-electron chi connectivity index (χ2n) is 10.6. The summed E-state index contributed by atoms with van der Waals surface area (Å²) >= 11 is 6.28. The summed E-state index contributed by atoms with van der Waals surface area (Å²) in [7, 11) is 0. The fourth-order valence-corrected chi connectivity index (χ4v) is 5.69. The smallest absolute Gasteiger partial charge is 0.257 e. The Labute approximate surface area is 257 Å². The monoisotopic (exact) mass is 610 g/mol. The van der Waals surface area contributed by atoms with Crippen LogP contribution in [0.4, 0.5) is 10.1 Å². The number of nitrogens with one attached hydrogen (secondary N) is 2. The molecular formula is C33H28ClFN6O3. The number of anilines is 1. The van der Waals surface area contributed by atoms with Crippen LogP contribution in [0.5, 0.6) is 0 Å². The summed E-state index contributed by atoms with van der Waals surface area (Å²) in [5.41, 5.74) is 6.54. The average Bonchev–Trinajstić information content (AvgIpc) is 3.65. The minimum absolute atomic E-state index is 0.0102. The van der Waals surface area contributed by atoms with Gasteiger partial charge in [0.1, 0.15) is 18.4 Å². The molecule has 3 heterocycles. The predicted molar refractivity (Wildman–Crippen MR) is 166 cm³/mol. The van der Waals surface area contributed by atoms with E-state index in [1.54, 1.807) is 66.5 Å². The number of Topliss-reactive ketones (excluding diaryl/α,β-unsaturated/α-hetero) is 1. The maximum atomic E-state index is 15.5. The van der Waals surface area contributed by atoms with Crippen molar-refractivity contribution in [1.82, 2.24) is 25.0 Å². The van der Waals surface area contributed by atoms with Crippen LogP contribution in [0.2, 0.25) is 5.02 Å². The van der Waals surface area contributed by atoms with Gasteiger partial charge in [0.2, 0.25) is 5.91 Å². The highest BCUT2D eigenvalue weighted by Crippen LogP contribution is 2.33. The molecule has 9 nitrogen and oxygen atoms in total. The lowest BCUT2D eigenvalue weighted by Gasteiger charge is -2.24. The van der Waals surface area contributed by atoms with Crippen LogP contribution in [0, 0.1) is 12.7 Å². The van der Waals surface area contributed by atoms with E-state index in [0.29, 0.717) is 45.8 Å². The minimum Gasteiger partial charge on any atom is -0.337 e. The van der Waals surface area contributed by atoms with E-state index in [2.05, 4.69) is 20.7 Å². The molecule has 3 aromatic carbocycles. The number of hydrazine groups is 1. The Morgan fingerprint density at radius 3 is 2.52 bits per heavy atom. The molecule has 0 spiro atoms. The van der Waals surface area contributed by atoms with Gasteiger partial charge in [-0.15, -0.1) is 0 Å². The van der Waals surface area contributed by atoms with E-state index < -0.39 is 17.8 Å². The van der Waals surface area contributed by atoms with Crippen LogP contribution < -0.4 is 10.7 Å². The molecule has 2 N–H and O–H groups in total. The lowest BCUT2D eigenvalue weighted by Crippen LogP contribution is -2.49. The second-order valence-corrected chi connectivity index (χ2v) is 11.0. The summed E-state index contributed by atoms with van der Waals surface area (Å²) in [4.78, 5) is 47.9. The van der Waals surface area contributed by atoms with Gasteiger partial charge in [-0.1, -0.05) is 48.0 Å². The Balaban J connectivity index is 1.23. The average molecular weight is 611 g/mol. The predicted octanol–water partition coefficient (Wildman–Crippen LogP) is 5.81. The molecule has 0 saturated carbocycles. The lowest BCUT2D eigenvalue weighted by atomic mass is 10.0. The van der Waals surface area contributed by atoms with Gasteiger partial charge < -0.3 is 9.88 Å². The second kappa shape index (κ2) is 12.0. The summed E-state index contributed by atoms with van der Waals surface area (Å²) in [5, 5.41) is 5.01. The van der Waals surface area contributed by atoms with E-state index in [1.807, 2.05) is 18.2 Å². The highest BCUT2D eigenvalue weighted by atomic mass is 35.5. The third-order valence-electron chi connectivity index (χ3n) is 7.68. The van der Waals surface area contributed by atoms with E-state index in [9.17, 15) is 14.4 Å². The fourth-order valence-electron chi connectivity index (χ4n) is 5.46. The fraction of sp³-hybridized carbons (Fsp3) is 0.182. The van der Waals surface area contributed by atoms with Crippen LogP contribution >= 0.6 is 11.6 Å². The topological polar surface area (TPSA) is 109 Å². The van der Waals surface area contributed by atoms with E-state index in [1.165, 1.54) is 18.0 Å². The number of hydrogen-bond acceptors (Lipinski definition) is 6. The van der Waals surface area contributed by atoms with Crippen LogP contribution in [0.3, 0.4) is 0 Å². The van der Waals surface area contributed by atoms with Crippen molar-refractivity contribution < 1.29 is 18.8 Å². The zero-order valence-electron chi connectivity index (χ0n) is 24.0. The van der Waals surface area contributed by atoms with Gasteiger partial charge in [0, 0.05) is 63.3 Å². The quantitative estimate of drug-likeness (QED) is 0.225. The van der Waals surface area contributed by atoms with Gasteiger partial charge in [0.25, 0.3) is 5.91 Å². The molecule has 11 heteroatoms. The number of ketones is 1. The van der Waals surface area contributed by atoms with Crippen molar-refractivity contribution in [3.05, 3.63) is 101 Å². The largest absolute Gasteiger partial charge is 0.337 e. The Bertz CT molecular complexity index is 1920. The highest BCUT2D eigenvalue weighted by molar-refractivity contribution is 6.33. The number of carbonyl (C=O) groups excluding carboxylic acids is 3. The van der Waals surface area contributed by atoms with E-state index >= 15 is 4.39 Å². The first-order valence-corrected chi connectivity index (χ1v) is 14.4. The molecule has 1 aliphatic rings. The van der Waals surface area contributed by atoms with Gasteiger partial charge in [-0.3, -0.25) is 19.4 Å². The van der Waals surface area contributed by atoms with E-state index in [4.69, 9.17) is 11.6 Å². The molecular weight excluding hydrogens is 583 g/mol. The molecule has 5 aromatic rings. The third kappa shape index (κ3) is 5.57. The molecule has 6 rings (SSSR count). The number of nitrogens with zero attached hydrogens (tertiary/aromatic N) is 4. The molecule has 0 bridgehead atoms. The van der Waals surface area contributed by atoms with Crippen LogP contribution in [0.25, 0.3) is 33.2 Å². The van der Waals surface area contributed by atoms with Gasteiger partial charge in [-0.25, -0.2) is 19.8 Å². The first-order valence-electron chi connectivity index (χ1n) is 14.0. The third-order valence-corrected chi connectivity index (χ3v) is 8.01. The lowest BCUT2D eigenvalue weighted by molar-refractivity contribution is -0.140. The molecule has 0 radical (unpaired) electrons. The van der Waals surface area contributed by atoms with Gasteiger partial charge in [0.05, 0.1) is 5.69 Å². The molecule has 1 aliphatic heterocycles. The van der Waals surface area contributed by atoms with Crippen LogP contribution in [0.15, 0.2) is 79.3 Å². The molecule has 1 fully saturated rings. The summed E-state index contributed by atoms with van der Waals surface area (Å²) < 4.78 is 17.2. The van der Waals surface area contributed by atoms with Crippen molar-refractivity contribution in [3.8, 4) is 22.3 Å². The number of aromatic nitrogens is 3. The summed E-state index contributed by atoms with van der Waals surface area (Å²) in [6.07, 6.45) is 5.44. The van der Waals surface area contributed by atoms with Gasteiger partial charge in [-0.2, -0.15) is 0 Å². The SMILES string of the molecule is CC(=O)c1cn(CC(=O)N2NCC[C@@H]2C(=O)Nc2cccc(-c3ccccc3Cl)c2F)c2ccc(-c3cnc(C)nc3)cc12. The first kappa shape index (κ1) is 29.2. The van der Waals surface area contributed by atoms with E-state index in [0.717, 1.165) is 11.1 Å². The Morgan fingerprint density at radius 1 is 1.02 bits per heavy atom. The summed E-state index contributed by atoms with van der Waals surface area (Å²) in [6, 6.07) is 16.3. The van der Waals surface area contributed by atoms with Crippen molar-refractivity contribution in [3.63, 3.8) is 0 Å². The van der Waals surface area contributed by atoms with Gasteiger partial charge >= 0.3 is 0 Å². The Kier molecular flexibility index (Phi) is 7.94. The zero-order valence-corrected chi connectivity index (χ0v) is 24.7. The minimum atomic E-state index is -0.867. The maximum Gasteiger partial charge on any atom is 0.257 e. The number of amides is 2. The van der Waals surface area contributed by atoms with Crippen molar-refractivity contribution >= 4 is 45.8 Å². The number of halogens is 2. The Hall–Kier alpha value is -4.93. The highest BCUT2D eigenvalue weighted by Gasteiger charge is 2.35. The molecule has 222 valence electrons. The molecule has 44 heavy (non-hydrogen) atoms. The Morgan fingerprint density at radius 2 is 1.77 bits per heavy atom. The number of rotatable bonds is 7. The molecule has 2 aromatic heterocycles. The van der Waals surface area contributed by atoms with Crippen LogP contribution in [-0.4, -0.2) is 49.7 Å². The van der Waals surface area contributed by atoms with Crippen molar-refractivity contribution in [1.29, 1.82) is 0 Å². The van der Waals surface area contributed by atoms with Crippen LogP contribution in [0.1, 0.15) is 29.5 Å². The number of fused-ring (bicyclic) bond motifs is 1. The van der Waals surface area contributed by atoms with Gasteiger partial charge in [0.15, 0.2) is 11.6 Å². The molecule has 1 atom stereocenters. The number of carbonyl (C=O) groups is 3. The number of aryl methyl sites for hydroxylation is 1. The number of benzene rings is 3. The standard InChI is InChI=1S/C33H28ClFN6O3/c1-19(42)26-17-40(29-11-10-21(14-25(26)29)22-15-36-20(2)37-16-22)18-31(43)41-30(12-13-38-41)33(44)39-28-9-5-7-24(32(28)35)23-6-3-4-8-27(23)34/h3-11,14-17,30,38H,12-13,18H2,1-2H3,(H,39,44)/t30-/m1/s1. The molecule has 2 amide bonds. The van der Waals surface area contributed by atoms with Crippen molar-refractivity contribution in [2.75, 3.05) is 11.9 Å². The van der Waals surface area contributed by atoms with Gasteiger partial charge in [-0.05, 0) is 50.1 Å². The zero-order chi connectivity index (χ0) is 31.0. The number of hydrogen-bond donors (Lipinski definition) is 2. The molecule has 0 aliphatic carbocycles. The first-order chi connectivity index (χ1) is 21.2. The maximum absolute atomic E-state index is 15.5. The molecule has 0 unspecified atom stereocenters. The van der Waals surface area contributed by atoms with E-state index in [-0.39, 0.29) is 29.5 Å². The van der Waals surface area contributed by atoms with Crippen LogP contribution in [-0.2, 0) is 16.1 Å².